The minimum Gasteiger partial charge on any atom is -0.473 e. The number of carboxylic acid groups (broad SMARTS) is 2. The van der Waals surface area contributed by atoms with Crippen molar-refractivity contribution in [1.29, 1.82) is 0 Å². The molecule has 0 atom stereocenters. The Balaban J connectivity index is -0.0000000512. The Labute approximate surface area is 94.9 Å². The molecule has 0 spiro atoms. The summed E-state index contributed by atoms with van der Waals surface area (Å²) in [6, 6.07) is 0. The molecule has 0 unspecified atom stereocenters. The zero-order chi connectivity index (χ0) is 10.7. The molecule has 0 aliphatic heterocycles. The number of hydrogen-bond acceptors (Lipinski definition) is 5. The SMILES string of the molecule is O=C(O)C(=O)O.OB(O)O.[CH2-]Br.[Li+]. The van der Waals surface area contributed by atoms with Crippen LogP contribution >= 0.6 is 15.9 Å². The largest absolute Gasteiger partial charge is 1.00 e. The first-order valence-corrected chi connectivity index (χ1v) is 3.27. The first kappa shape index (κ1) is 23.1. The van der Waals surface area contributed by atoms with Crippen LogP contribution in [0.2, 0.25) is 0 Å². The van der Waals surface area contributed by atoms with Gasteiger partial charge in [-0.15, -0.1) is 0 Å². The van der Waals surface area contributed by atoms with Crippen LogP contribution in [0, 0.1) is 5.83 Å². The van der Waals surface area contributed by atoms with Crippen molar-refractivity contribution < 1.29 is 53.7 Å². The quantitative estimate of drug-likeness (QED) is 0.166. The van der Waals surface area contributed by atoms with E-state index in [1.807, 2.05) is 0 Å². The predicted molar refractivity (Wildman–Crippen MR) is 42.0 cm³/mol. The van der Waals surface area contributed by atoms with Gasteiger partial charge in [0, 0.05) is 0 Å². The zero-order valence-corrected chi connectivity index (χ0v) is 8.30. The summed E-state index contributed by atoms with van der Waals surface area (Å²) in [6.07, 6.45) is 0. The normalized spacial score (nSPS) is 5.92. The van der Waals surface area contributed by atoms with Gasteiger partial charge in [0.1, 0.15) is 0 Å². The molecule has 72 valence electrons. The fraction of sp³-hybridized carbons (Fsp3) is 0. The van der Waals surface area contributed by atoms with Crippen LogP contribution in [0.25, 0.3) is 0 Å². The van der Waals surface area contributed by atoms with Crippen molar-refractivity contribution in [2.75, 3.05) is 0 Å². The smallest absolute Gasteiger partial charge is 0.473 e. The van der Waals surface area contributed by atoms with E-state index in [1.165, 1.54) is 0 Å². The van der Waals surface area contributed by atoms with Crippen LogP contribution in [-0.4, -0.2) is 44.5 Å². The Morgan fingerprint density at radius 2 is 1.08 bits per heavy atom. The van der Waals surface area contributed by atoms with Gasteiger partial charge in [-0.25, -0.2) is 9.59 Å². The second-order valence-electron chi connectivity index (χ2n) is 0.957. The second-order valence-corrected chi connectivity index (χ2v) is 0.957. The maximum Gasteiger partial charge on any atom is 1.00 e. The summed E-state index contributed by atoms with van der Waals surface area (Å²) in [5, 5.41) is 36.3. The van der Waals surface area contributed by atoms with E-state index in [1.54, 1.807) is 0 Å². The van der Waals surface area contributed by atoms with E-state index in [2.05, 4.69) is 21.8 Å². The molecule has 5 N–H and O–H groups in total. The van der Waals surface area contributed by atoms with Crippen LogP contribution in [0.4, 0.5) is 0 Å². The van der Waals surface area contributed by atoms with Crippen molar-refractivity contribution in [3.8, 4) is 0 Å². The summed E-state index contributed by atoms with van der Waals surface area (Å²) in [5.41, 5.74) is 0. The summed E-state index contributed by atoms with van der Waals surface area (Å²) in [7, 11) is -2.17. The van der Waals surface area contributed by atoms with Crippen molar-refractivity contribution in [2.24, 2.45) is 0 Å². The molecule has 0 aromatic rings. The van der Waals surface area contributed by atoms with Crippen LogP contribution in [0.15, 0.2) is 0 Å². The molecular formula is C3H7BBrLiO7. The summed E-state index contributed by atoms with van der Waals surface area (Å²) in [4.78, 5) is 18.2. The Bertz CT molecular complexity index is 116. The van der Waals surface area contributed by atoms with Crippen LogP contribution in [0.5, 0.6) is 0 Å². The van der Waals surface area contributed by atoms with E-state index in [9.17, 15) is 0 Å². The number of carboxylic acids is 2. The molecule has 0 aliphatic rings. The first-order valence-electron chi connectivity index (χ1n) is 2.15. The number of aliphatic carboxylic acids is 2. The zero-order valence-electron chi connectivity index (χ0n) is 6.71. The molecular weight excluding hydrogens is 246 g/mol. The van der Waals surface area contributed by atoms with Crippen molar-refractivity contribution in [2.45, 2.75) is 0 Å². The minimum absolute atomic E-state index is 0. The van der Waals surface area contributed by atoms with E-state index < -0.39 is 19.3 Å². The van der Waals surface area contributed by atoms with E-state index in [0.717, 1.165) is 0 Å². The third kappa shape index (κ3) is 75.6. The van der Waals surface area contributed by atoms with Gasteiger partial charge >= 0.3 is 38.1 Å². The van der Waals surface area contributed by atoms with Gasteiger partial charge in [0.25, 0.3) is 0 Å². The summed E-state index contributed by atoms with van der Waals surface area (Å²) >= 11 is 2.69. The third-order valence-corrected chi connectivity index (χ3v) is 0.183. The molecule has 10 heteroatoms. The molecule has 0 radical (unpaired) electrons. The van der Waals surface area contributed by atoms with Crippen LogP contribution in [0.1, 0.15) is 0 Å². The van der Waals surface area contributed by atoms with Crippen molar-refractivity contribution in [1.82, 2.24) is 0 Å². The van der Waals surface area contributed by atoms with Crippen molar-refractivity contribution in [3.63, 3.8) is 0 Å². The second kappa shape index (κ2) is 17.9. The molecule has 0 aromatic carbocycles. The Morgan fingerprint density at radius 3 is 1.08 bits per heavy atom. The van der Waals surface area contributed by atoms with Gasteiger partial charge in [-0.3, -0.25) is 5.83 Å². The van der Waals surface area contributed by atoms with E-state index in [0.29, 0.717) is 0 Å². The molecule has 0 rings (SSSR count). The fourth-order valence-electron chi connectivity index (χ4n) is 0. The Kier molecular flexibility index (Phi) is 31.8. The predicted octanol–water partition coefficient (Wildman–Crippen LogP) is -4.72. The maximum absolute atomic E-state index is 9.10. The molecule has 13 heavy (non-hydrogen) atoms. The number of carbonyl (C=O) groups is 2. The van der Waals surface area contributed by atoms with Crippen molar-refractivity contribution in [3.05, 3.63) is 5.83 Å². The van der Waals surface area contributed by atoms with Gasteiger partial charge in [-0.1, -0.05) is 0 Å². The van der Waals surface area contributed by atoms with E-state index in [-0.39, 0.29) is 18.9 Å². The van der Waals surface area contributed by atoms with Crippen LogP contribution in [-0.2, 0) is 9.59 Å². The fourth-order valence-corrected chi connectivity index (χ4v) is 0. The molecule has 0 saturated heterocycles. The van der Waals surface area contributed by atoms with Gasteiger partial charge in [0.15, 0.2) is 0 Å². The molecule has 0 fully saturated rings. The topological polar surface area (TPSA) is 135 Å². The monoisotopic (exact) mass is 252 g/mol. The van der Waals surface area contributed by atoms with Gasteiger partial charge < -0.3 is 41.2 Å². The molecule has 0 aliphatic carbocycles. The molecule has 0 aromatic heterocycles. The van der Waals surface area contributed by atoms with Crippen LogP contribution in [0.3, 0.4) is 0 Å². The maximum atomic E-state index is 9.10. The molecule has 7 nitrogen and oxygen atoms in total. The average molecular weight is 253 g/mol. The van der Waals surface area contributed by atoms with E-state index >= 15 is 0 Å². The summed E-state index contributed by atoms with van der Waals surface area (Å²) in [6.45, 7) is 0. The Morgan fingerprint density at radius 1 is 1.00 bits per heavy atom. The molecule has 0 bridgehead atoms. The van der Waals surface area contributed by atoms with Crippen molar-refractivity contribution >= 4 is 35.2 Å². The number of hydrogen-bond donors (Lipinski definition) is 5. The van der Waals surface area contributed by atoms with Crippen LogP contribution < -0.4 is 18.9 Å². The van der Waals surface area contributed by atoms with E-state index in [4.69, 9.17) is 34.9 Å². The molecule has 0 heterocycles. The molecule has 0 saturated carbocycles. The van der Waals surface area contributed by atoms with Gasteiger partial charge in [-0.2, -0.15) is 0 Å². The summed E-state index contributed by atoms with van der Waals surface area (Å²) in [5.74, 6) is -0.586. The molecule has 0 amide bonds. The Hall–Kier alpha value is -0.0377. The van der Waals surface area contributed by atoms with Gasteiger partial charge in [-0.05, 0) is 0 Å². The van der Waals surface area contributed by atoms with Gasteiger partial charge in [0.05, 0.1) is 0 Å². The third-order valence-electron chi connectivity index (χ3n) is 0.183. The standard InChI is InChI=1S/C2H2O4.CH2Br.BH3O3.Li/c3-1(4)2(5)6;1-2;2-1(3)4;/h(H,3,4)(H,5,6);1H2;2-4H;/q;-1;;+1. The number of rotatable bonds is 0. The first-order chi connectivity index (χ1) is 5.37. The summed E-state index contributed by atoms with van der Waals surface area (Å²) < 4.78 is 0. The number of halogens is 1. The minimum atomic E-state index is -2.17. The van der Waals surface area contributed by atoms with Gasteiger partial charge in [0.2, 0.25) is 0 Å². The average Bonchev–Trinajstić information content (AvgIpc) is 1.90.